The first-order chi connectivity index (χ1) is 14.2. The maximum Gasteiger partial charge on any atom is 0.163 e. The number of rotatable bonds is 2. The molecule has 0 saturated carbocycles. The summed E-state index contributed by atoms with van der Waals surface area (Å²) in [6.07, 6.45) is 4.75. The van der Waals surface area contributed by atoms with Crippen molar-refractivity contribution in [2.45, 2.75) is 24.8 Å². The fraction of sp³-hybridized carbons (Fsp3) is 0.167. The normalized spacial score (nSPS) is 20.8. The number of carbonyl (C=O) groups excluding carboxylic acids is 1. The van der Waals surface area contributed by atoms with Gasteiger partial charge in [0.25, 0.3) is 0 Å². The number of benzene rings is 2. The van der Waals surface area contributed by atoms with Gasteiger partial charge in [0.15, 0.2) is 5.78 Å². The minimum Gasteiger partial charge on any atom is -0.372 e. The number of hydrogen-bond donors (Lipinski definition) is 2. The first-order valence-electron chi connectivity index (χ1n) is 9.74. The number of hydrogen-bond acceptors (Lipinski definition) is 4. The molecular formula is C24H20ClN3O. The van der Waals surface area contributed by atoms with Crippen LogP contribution in [-0.4, -0.2) is 10.8 Å². The summed E-state index contributed by atoms with van der Waals surface area (Å²) in [4.78, 5) is 17.7. The van der Waals surface area contributed by atoms with E-state index in [1.54, 1.807) is 6.20 Å². The molecule has 1 aliphatic heterocycles. The third-order valence-electron chi connectivity index (χ3n) is 5.67. The van der Waals surface area contributed by atoms with Crippen molar-refractivity contribution < 1.29 is 4.79 Å². The third kappa shape index (κ3) is 3.30. The lowest BCUT2D eigenvalue weighted by Gasteiger charge is -2.30. The fourth-order valence-corrected chi connectivity index (χ4v) is 4.61. The van der Waals surface area contributed by atoms with Gasteiger partial charge < -0.3 is 10.6 Å². The third-order valence-corrected chi connectivity index (χ3v) is 6.02. The molecule has 144 valence electrons. The highest BCUT2D eigenvalue weighted by Gasteiger charge is 2.36. The zero-order chi connectivity index (χ0) is 19.8. The molecule has 2 atom stereocenters. The largest absolute Gasteiger partial charge is 0.372 e. The van der Waals surface area contributed by atoms with Crippen LogP contribution in [0.4, 0.5) is 11.4 Å². The maximum absolute atomic E-state index is 13.4. The average molecular weight is 402 g/mol. The van der Waals surface area contributed by atoms with Crippen LogP contribution in [-0.2, 0) is 4.79 Å². The zero-order valence-electron chi connectivity index (χ0n) is 15.7. The van der Waals surface area contributed by atoms with Crippen LogP contribution in [0.2, 0.25) is 5.02 Å². The van der Waals surface area contributed by atoms with Gasteiger partial charge in [0.2, 0.25) is 0 Å². The van der Waals surface area contributed by atoms with Crippen LogP contribution in [0, 0.1) is 0 Å². The van der Waals surface area contributed by atoms with E-state index in [9.17, 15) is 4.79 Å². The number of anilines is 2. The van der Waals surface area contributed by atoms with Crippen LogP contribution in [0.3, 0.4) is 0 Å². The van der Waals surface area contributed by atoms with Gasteiger partial charge >= 0.3 is 0 Å². The molecule has 2 aromatic carbocycles. The number of ketones is 1. The summed E-state index contributed by atoms with van der Waals surface area (Å²) >= 11 is 6.45. The molecular weight excluding hydrogens is 382 g/mol. The van der Waals surface area contributed by atoms with Crippen LogP contribution >= 0.6 is 11.6 Å². The van der Waals surface area contributed by atoms with E-state index in [1.807, 2.05) is 66.9 Å². The molecule has 1 aromatic heterocycles. The monoisotopic (exact) mass is 401 g/mol. The number of halogens is 1. The Hall–Kier alpha value is -3.11. The van der Waals surface area contributed by atoms with Crippen molar-refractivity contribution in [3.05, 3.63) is 100 Å². The summed E-state index contributed by atoms with van der Waals surface area (Å²) in [6, 6.07) is 19.5. The Kier molecular flexibility index (Phi) is 4.57. The van der Waals surface area contributed by atoms with Gasteiger partial charge in [-0.2, -0.15) is 0 Å². The summed E-state index contributed by atoms with van der Waals surface area (Å²) in [5.41, 5.74) is 5.69. The van der Waals surface area contributed by atoms with Gasteiger partial charge in [-0.3, -0.25) is 9.78 Å². The number of carbonyl (C=O) groups is 1. The highest BCUT2D eigenvalue weighted by Crippen LogP contribution is 2.44. The van der Waals surface area contributed by atoms with Crippen LogP contribution in [0.15, 0.2) is 84.3 Å². The van der Waals surface area contributed by atoms with E-state index >= 15 is 0 Å². The van der Waals surface area contributed by atoms with E-state index in [4.69, 9.17) is 11.6 Å². The van der Waals surface area contributed by atoms with Crippen molar-refractivity contribution in [3.8, 4) is 0 Å². The smallest absolute Gasteiger partial charge is 0.163 e. The van der Waals surface area contributed by atoms with Crippen molar-refractivity contribution in [1.29, 1.82) is 0 Å². The second-order valence-electron chi connectivity index (χ2n) is 7.48. The van der Waals surface area contributed by atoms with E-state index in [-0.39, 0.29) is 17.7 Å². The number of aromatic nitrogens is 1. The molecule has 0 unspecified atom stereocenters. The Balaban J connectivity index is 1.62. The Morgan fingerprint density at radius 2 is 1.72 bits per heavy atom. The van der Waals surface area contributed by atoms with E-state index in [1.165, 1.54) is 0 Å². The second kappa shape index (κ2) is 7.37. The SMILES string of the molecule is O=C1C[C@H](c2ccccc2Cl)CC2=C1[C@H](c1cccnc1)Nc1ccccc1N2. The quantitative estimate of drug-likeness (QED) is 0.577. The predicted molar refractivity (Wildman–Crippen MR) is 116 cm³/mol. The molecule has 0 bridgehead atoms. The lowest BCUT2D eigenvalue weighted by atomic mass is 9.78. The van der Waals surface area contributed by atoms with Gasteiger partial charge in [0.1, 0.15) is 0 Å². The predicted octanol–water partition coefficient (Wildman–Crippen LogP) is 5.71. The van der Waals surface area contributed by atoms with Crippen molar-refractivity contribution >= 4 is 28.8 Å². The van der Waals surface area contributed by atoms with Crippen molar-refractivity contribution in [3.63, 3.8) is 0 Å². The van der Waals surface area contributed by atoms with Gasteiger partial charge in [0, 0.05) is 35.1 Å². The number of nitrogens with zero attached hydrogens (tertiary/aromatic N) is 1. The average Bonchev–Trinajstić information content (AvgIpc) is 2.91. The molecule has 0 spiro atoms. The fourth-order valence-electron chi connectivity index (χ4n) is 4.32. The Bertz CT molecular complexity index is 1110. The van der Waals surface area contributed by atoms with E-state index in [2.05, 4.69) is 15.6 Å². The molecule has 5 rings (SSSR count). The van der Waals surface area contributed by atoms with Crippen LogP contribution < -0.4 is 10.6 Å². The first-order valence-corrected chi connectivity index (χ1v) is 10.1. The van der Waals surface area contributed by atoms with Crippen molar-refractivity contribution in [1.82, 2.24) is 4.98 Å². The van der Waals surface area contributed by atoms with Crippen molar-refractivity contribution in [2.24, 2.45) is 0 Å². The highest BCUT2D eigenvalue weighted by atomic mass is 35.5. The van der Waals surface area contributed by atoms with Gasteiger partial charge in [-0.25, -0.2) is 0 Å². The molecule has 2 aliphatic rings. The first kappa shape index (κ1) is 18.0. The van der Waals surface area contributed by atoms with E-state index in [0.29, 0.717) is 11.4 Å². The lowest BCUT2D eigenvalue weighted by Crippen LogP contribution is -2.27. The molecule has 2 N–H and O–H groups in total. The standard InChI is InChI=1S/C24H20ClN3O/c25-18-8-2-1-7-17(18)16-12-21-23(22(29)13-16)24(15-6-5-11-26-14-15)28-20-10-4-3-9-19(20)27-21/h1-11,14,16,24,27-28H,12-13H2/t16-,24+/m1/s1. The molecule has 4 nitrogen and oxygen atoms in total. The minimum absolute atomic E-state index is 0.0576. The minimum atomic E-state index is -0.241. The molecule has 0 fully saturated rings. The Morgan fingerprint density at radius 3 is 2.52 bits per heavy atom. The summed E-state index contributed by atoms with van der Waals surface area (Å²) in [5, 5.41) is 7.82. The zero-order valence-corrected chi connectivity index (χ0v) is 16.5. The van der Waals surface area contributed by atoms with Crippen LogP contribution in [0.5, 0.6) is 0 Å². The number of allylic oxidation sites excluding steroid dienone is 1. The summed E-state index contributed by atoms with van der Waals surface area (Å²) in [5.74, 6) is 0.195. The van der Waals surface area contributed by atoms with E-state index < -0.39 is 0 Å². The number of fused-ring (bicyclic) bond motifs is 1. The molecule has 3 aromatic rings. The van der Waals surface area contributed by atoms with Gasteiger partial charge in [-0.15, -0.1) is 0 Å². The number of nitrogens with one attached hydrogen (secondary N) is 2. The number of Topliss-reactive ketones (excluding diaryl/α,β-unsaturated/α-hetero) is 1. The molecule has 0 amide bonds. The Morgan fingerprint density at radius 1 is 0.931 bits per heavy atom. The lowest BCUT2D eigenvalue weighted by molar-refractivity contribution is -0.116. The maximum atomic E-state index is 13.4. The van der Waals surface area contributed by atoms with Gasteiger partial charge in [-0.1, -0.05) is 48.0 Å². The number of para-hydroxylation sites is 2. The van der Waals surface area contributed by atoms with E-state index in [0.717, 1.165) is 40.2 Å². The molecule has 5 heteroatoms. The van der Waals surface area contributed by atoms with Crippen molar-refractivity contribution in [2.75, 3.05) is 10.6 Å². The summed E-state index contributed by atoms with van der Waals surface area (Å²) < 4.78 is 0. The summed E-state index contributed by atoms with van der Waals surface area (Å²) in [7, 11) is 0. The molecule has 2 heterocycles. The molecule has 0 radical (unpaired) electrons. The molecule has 1 aliphatic carbocycles. The molecule has 29 heavy (non-hydrogen) atoms. The summed E-state index contributed by atoms with van der Waals surface area (Å²) in [6.45, 7) is 0. The van der Waals surface area contributed by atoms with Crippen LogP contribution in [0.25, 0.3) is 0 Å². The molecule has 0 saturated heterocycles. The van der Waals surface area contributed by atoms with Gasteiger partial charge in [0.05, 0.1) is 17.4 Å². The van der Waals surface area contributed by atoms with Gasteiger partial charge in [-0.05, 0) is 47.7 Å². The number of pyridine rings is 1. The van der Waals surface area contributed by atoms with Crippen LogP contribution in [0.1, 0.15) is 35.9 Å². The second-order valence-corrected chi connectivity index (χ2v) is 7.88. The highest BCUT2D eigenvalue weighted by molar-refractivity contribution is 6.31. The Labute approximate surface area is 174 Å². The topological polar surface area (TPSA) is 54.0 Å².